The number of hydrogen-bond acceptors (Lipinski definition) is 4. The highest BCUT2D eigenvalue weighted by Gasteiger charge is 2.15. The highest BCUT2D eigenvalue weighted by molar-refractivity contribution is 9.10. The number of rotatable bonds is 8. The Morgan fingerprint density at radius 1 is 1.04 bits per heavy atom. The molecule has 4 nitrogen and oxygen atoms in total. The summed E-state index contributed by atoms with van der Waals surface area (Å²) in [5.74, 6) is 1.35. The van der Waals surface area contributed by atoms with Crippen LogP contribution in [-0.4, -0.2) is 12.1 Å². The van der Waals surface area contributed by atoms with Gasteiger partial charge in [0.15, 0.2) is 11.5 Å². The summed E-state index contributed by atoms with van der Waals surface area (Å²) in [7, 11) is 1.63. The van der Waals surface area contributed by atoms with Gasteiger partial charge in [-0.25, -0.2) is 0 Å². The van der Waals surface area contributed by atoms with Crippen LogP contribution in [-0.2, 0) is 19.7 Å². The van der Waals surface area contributed by atoms with Gasteiger partial charge in [0.25, 0.3) is 0 Å². The molecule has 3 aromatic rings. The number of nitrogens with one attached hydrogen (secondary N) is 1. The van der Waals surface area contributed by atoms with Crippen molar-refractivity contribution in [2.24, 2.45) is 0 Å². The molecule has 0 radical (unpaired) electrons. The lowest BCUT2D eigenvalue weighted by Crippen LogP contribution is -2.14. The van der Waals surface area contributed by atoms with Crippen molar-refractivity contribution in [2.45, 2.75) is 19.7 Å². The minimum Gasteiger partial charge on any atom is -0.493 e. The van der Waals surface area contributed by atoms with Crippen molar-refractivity contribution in [2.75, 3.05) is 7.11 Å². The van der Waals surface area contributed by atoms with Crippen LogP contribution in [0.2, 0.25) is 10.0 Å². The number of methoxy groups -OCH3 is 1. The predicted molar refractivity (Wildman–Crippen MR) is 116 cm³/mol. The Bertz CT molecular complexity index is 939. The molecule has 1 N–H and O–H groups in total. The summed E-state index contributed by atoms with van der Waals surface area (Å²) in [4.78, 5) is 4.13. The van der Waals surface area contributed by atoms with Crippen LogP contribution < -0.4 is 14.8 Å². The fraction of sp³-hybridized carbons (Fsp3) is 0.190. The number of halogens is 3. The van der Waals surface area contributed by atoms with Gasteiger partial charge in [-0.3, -0.25) is 4.98 Å². The molecule has 0 unspecified atom stereocenters. The maximum Gasteiger partial charge on any atom is 0.167 e. The van der Waals surface area contributed by atoms with E-state index in [1.54, 1.807) is 25.4 Å². The third-order valence-corrected chi connectivity index (χ3v) is 5.59. The average Bonchev–Trinajstić information content (AvgIpc) is 2.71. The Labute approximate surface area is 182 Å². The monoisotopic (exact) mass is 480 g/mol. The topological polar surface area (TPSA) is 43.4 Å². The molecule has 2 aromatic carbocycles. The number of nitrogens with zero attached hydrogens (tertiary/aromatic N) is 1. The van der Waals surface area contributed by atoms with Crippen LogP contribution in [0.1, 0.15) is 16.7 Å². The normalized spacial score (nSPS) is 10.7. The standard InChI is InChI=1S/C21H19BrCl2N2O2/c1-27-20-7-5-17(22)16(12-26-11-15-3-2-8-25-10-15)21(20)28-13-14-4-6-18(23)19(24)9-14/h2-10,26H,11-13H2,1H3. The van der Waals surface area contributed by atoms with Crippen LogP contribution in [0.15, 0.2) is 59.3 Å². The number of hydrogen-bond donors (Lipinski definition) is 1. The Balaban J connectivity index is 1.76. The summed E-state index contributed by atoms with van der Waals surface area (Å²) in [6, 6.07) is 13.2. The molecule has 0 spiro atoms. The zero-order valence-corrected chi connectivity index (χ0v) is 18.3. The molecule has 1 heterocycles. The molecule has 7 heteroatoms. The molecule has 0 bridgehead atoms. The van der Waals surface area contributed by atoms with Gasteiger partial charge >= 0.3 is 0 Å². The van der Waals surface area contributed by atoms with Crippen molar-refractivity contribution in [3.8, 4) is 11.5 Å². The third-order valence-electron chi connectivity index (χ3n) is 4.11. The molecule has 0 aliphatic rings. The van der Waals surface area contributed by atoms with E-state index < -0.39 is 0 Å². The van der Waals surface area contributed by atoms with E-state index in [0.29, 0.717) is 41.2 Å². The molecule has 0 saturated carbocycles. The SMILES string of the molecule is COc1ccc(Br)c(CNCc2cccnc2)c1OCc1ccc(Cl)c(Cl)c1. The summed E-state index contributed by atoms with van der Waals surface area (Å²) in [5.41, 5.74) is 3.01. The fourth-order valence-electron chi connectivity index (χ4n) is 2.69. The summed E-state index contributed by atoms with van der Waals surface area (Å²) in [6.45, 7) is 1.65. The number of ether oxygens (including phenoxy) is 2. The van der Waals surface area contributed by atoms with Crippen molar-refractivity contribution in [3.05, 3.63) is 86.1 Å². The first-order valence-corrected chi connectivity index (χ1v) is 10.1. The Kier molecular flexibility index (Phi) is 7.57. The largest absolute Gasteiger partial charge is 0.493 e. The van der Waals surface area contributed by atoms with Crippen molar-refractivity contribution in [1.82, 2.24) is 10.3 Å². The molecule has 3 rings (SSSR count). The summed E-state index contributed by atoms with van der Waals surface area (Å²) < 4.78 is 12.6. The number of aromatic nitrogens is 1. The van der Waals surface area contributed by atoms with Crippen molar-refractivity contribution >= 4 is 39.1 Å². The second kappa shape index (κ2) is 10.1. The molecule has 0 fully saturated rings. The first kappa shape index (κ1) is 20.9. The predicted octanol–water partition coefficient (Wildman–Crippen LogP) is 6.03. The smallest absolute Gasteiger partial charge is 0.167 e. The Morgan fingerprint density at radius 3 is 2.61 bits per heavy atom. The fourth-order valence-corrected chi connectivity index (χ4v) is 3.46. The second-order valence-electron chi connectivity index (χ2n) is 6.06. The van der Waals surface area contributed by atoms with E-state index in [1.165, 1.54) is 0 Å². The highest BCUT2D eigenvalue weighted by atomic mass is 79.9. The third kappa shape index (κ3) is 5.39. The van der Waals surface area contributed by atoms with Crippen LogP contribution in [0.4, 0.5) is 0 Å². The molecule has 0 aliphatic heterocycles. The second-order valence-corrected chi connectivity index (χ2v) is 7.73. The molecule has 1 aromatic heterocycles. The van der Waals surface area contributed by atoms with E-state index in [0.717, 1.165) is 21.2 Å². The minimum absolute atomic E-state index is 0.347. The molecule has 28 heavy (non-hydrogen) atoms. The lowest BCUT2D eigenvalue weighted by molar-refractivity contribution is 0.280. The number of pyridine rings is 1. The zero-order chi connectivity index (χ0) is 19.9. The lowest BCUT2D eigenvalue weighted by atomic mass is 10.1. The maximum atomic E-state index is 6.11. The quantitative estimate of drug-likeness (QED) is 0.426. The van der Waals surface area contributed by atoms with E-state index in [2.05, 4.69) is 26.2 Å². The zero-order valence-electron chi connectivity index (χ0n) is 15.2. The van der Waals surface area contributed by atoms with Gasteiger partial charge in [0.1, 0.15) is 6.61 Å². The van der Waals surface area contributed by atoms with Gasteiger partial charge in [-0.05, 0) is 41.5 Å². The van der Waals surface area contributed by atoms with Gasteiger partial charge in [0, 0.05) is 35.5 Å². The maximum absolute atomic E-state index is 6.11. The van der Waals surface area contributed by atoms with Crippen molar-refractivity contribution < 1.29 is 9.47 Å². The van der Waals surface area contributed by atoms with Crippen LogP contribution in [0.25, 0.3) is 0 Å². The summed E-state index contributed by atoms with van der Waals surface area (Å²) in [5, 5.41) is 4.44. The van der Waals surface area contributed by atoms with Crippen LogP contribution in [0.5, 0.6) is 11.5 Å². The first-order valence-electron chi connectivity index (χ1n) is 8.60. The van der Waals surface area contributed by atoms with Crippen molar-refractivity contribution in [3.63, 3.8) is 0 Å². The van der Waals surface area contributed by atoms with Crippen LogP contribution in [0.3, 0.4) is 0 Å². The summed E-state index contributed by atoms with van der Waals surface area (Å²) in [6.07, 6.45) is 3.60. The Hall–Kier alpha value is -1.79. The van der Waals surface area contributed by atoms with Gasteiger partial charge in [0.05, 0.1) is 17.2 Å². The van der Waals surface area contributed by atoms with E-state index in [9.17, 15) is 0 Å². The summed E-state index contributed by atoms with van der Waals surface area (Å²) >= 11 is 15.7. The van der Waals surface area contributed by atoms with Crippen LogP contribution in [0, 0.1) is 0 Å². The average molecular weight is 482 g/mol. The van der Waals surface area contributed by atoms with E-state index >= 15 is 0 Å². The molecule has 0 amide bonds. The lowest BCUT2D eigenvalue weighted by Gasteiger charge is -2.17. The van der Waals surface area contributed by atoms with Crippen molar-refractivity contribution in [1.29, 1.82) is 0 Å². The highest BCUT2D eigenvalue weighted by Crippen LogP contribution is 2.37. The molecule has 0 atom stereocenters. The molecule has 0 saturated heterocycles. The van der Waals surface area contributed by atoms with Gasteiger partial charge in [-0.2, -0.15) is 0 Å². The van der Waals surface area contributed by atoms with Gasteiger partial charge < -0.3 is 14.8 Å². The molecular weight excluding hydrogens is 463 g/mol. The molecule has 146 valence electrons. The Morgan fingerprint density at radius 2 is 1.89 bits per heavy atom. The number of benzene rings is 2. The van der Waals surface area contributed by atoms with Crippen LogP contribution >= 0.6 is 39.1 Å². The van der Waals surface area contributed by atoms with Gasteiger partial charge in [-0.15, -0.1) is 0 Å². The molecule has 0 aliphatic carbocycles. The van der Waals surface area contributed by atoms with Gasteiger partial charge in [-0.1, -0.05) is 51.3 Å². The first-order chi connectivity index (χ1) is 13.6. The minimum atomic E-state index is 0.347. The van der Waals surface area contributed by atoms with E-state index in [4.69, 9.17) is 32.7 Å². The van der Waals surface area contributed by atoms with E-state index in [-0.39, 0.29) is 0 Å². The van der Waals surface area contributed by atoms with E-state index in [1.807, 2.05) is 36.5 Å². The molecular formula is C21H19BrCl2N2O2. The van der Waals surface area contributed by atoms with Gasteiger partial charge in [0.2, 0.25) is 0 Å².